The molecule has 2 aromatic rings. The van der Waals surface area contributed by atoms with E-state index >= 15 is 0 Å². The molecular formula is C28H36N4O5. The molecule has 0 aliphatic carbocycles. The molecule has 0 bridgehead atoms. The summed E-state index contributed by atoms with van der Waals surface area (Å²) in [6, 6.07) is 17.4. The number of hydrogen-bond donors (Lipinski definition) is 3. The molecular weight excluding hydrogens is 472 g/mol. The third-order valence-corrected chi connectivity index (χ3v) is 6.28. The Morgan fingerprint density at radius 3 is 2.68 bits per heavy atom. The van der Waals surface area contributed by atoms with Gasteiger partial charge in [0, 0.05) is 51.2 Å². The fourth-order valence-corrected chi connectivity index (χ4v) is 4.11. The van der Waals surface area contributed by atoms with E-state index in [-0.39, 0.29) is 19.1 Å². The molecule has 0 unspecified atom stereocenters. The highest BCUT2D eigenvalue weighted by molar-refractivity contribution is 6.00. The number of amides is 1. The van der Waals surface area contributed by atoms with Crippen LogP contribution in [0.25, 0.3) is 6.08 Å². The first-order valence-electron chi connectivity index (χ1n) is 12.8. The van der Waals surface area contributed by atoms with Gasteiger partial charge in [-0.05, 0) is 29.8 Å². The van der Waals surface area contributed by atoms with Crippen LogP contribution in [0.4, 0.5) is 0 Å². The molecule has 1 saturated heterocycles. The summed E-state index contributed by atoms with van der Waals surface area (Å²) < 4.78 is 16.9. The normalized spacial score (nSPS) is 20.0. The molecule has 0 aromatic heterocycles. The van der Waals surface area contributed by atoms with E-state index in [0.29, 0.717) is 37.6 Å². The second kappa shape index (κ2) is 13.9. The maximum absolute atomic E-state index is 13.4. The average molecular weight is 509 g/mol. The van der Waals surface area contributed by atoms with Gasteiger partial charge in [0.15, 0.2) is 5.54 Å². The first kappa shape index (κ1) is 26.8. The van der Waals surface area contributed by atoms with E-state index in [1.54, 1.807) is 0 Å². The highest BCUT2D eigenvalue weighted by atomic mass is 16.5. The molecule has 37 heavy (non-hydrogen) atoms. The number of carbonyl (C=O) groups is 1. The van der Waals surface area contributed by atoms with Crippen LogP contribution in [-0.2, 0) is 14.3 Å². The van der Waals surface area contributed by atoms with Crippen molar-refractivity contribution >= 4 is 17.9 Å². The minimum atomic E-state index is -1.08. The van der Waals surface area contributed by atoms with Crippen molar-refractivity contribution in [3.05, 3.63) is 71.8 Å². The molecule has 0 spiro atoms. The number of aliphatic hydroxyl groups excluding tert-OH is 1. The highest BCUT2D eigenvalue weighted by Crippen LogP contribution is 2.27. The van der Waals surface area contributed by atoms with Crippen molar-refractivity contribution in [3.8, 4) is 5.75 Å². The zero-order valence-corrected chi connectivity index (χ0v) is 21.1. The van der Waals surface area contributed by atoms with Gasteiger partial charge < -0.3 is 19.3 Å². The van der Waals surface area contributed by atoms with Crippen molar-refractivity contribution in [2.24, 2.45) is 4.99 Å². The predicted molar refractivity (Wildman–Crippen MR) is 142 cm³/mol. The fraction of sp³-hybridized carbons (Fsp3) is 0.429. The first-order valence-corrected chi connectivity index (χ1v) is 12.8. The summed E-state index contributed by atoms with van der Waals surface area (Å²) in [5.74, 6) is 0.902. The standard InChI is InChI=1S/C28H36N4O5/c33-18-5-19-36-25-11-9-24(10-12-25)26-30-28(22-37-26,13-4-8-23-6-2-1-3-7-23)27(34)31-29-14-15-32-16-20-35-21-17-32/h1-4,6-12,29,33H,5,13-22H2,(H,31,34)/b8-4+/t28-/m0/s1. The summed E-state index contributed by atoms with van der Waals surface area (Å²) in [6.45, 7) is 5.41. The van der Waals surface area contributed by atoms with Crippen molar-refractivity contribution in [2.45, 2.75) is 18.4 Å². The molecule has 2 heterocycles. The fourth-order valence-electron chi connectivity index (χ4n) is 4.11. The molecule has 3 N–H and O–H groups in total. The van der Waals surface area contributed by atoms with Crippen LogP contribution in [0.3, 0.4) is 0 Å². The minimum absolute atomic E-state index is 0.0909. The third kappa shape index (κ3) is 7.87. The van der Waals surface area contributed by atoms with Gasteiger partial charge >= 0.3 is 0 Å². The lowest BCUT2D eigenvalue weighted by Gasteiger charge is -2.27. The zero-order valence-electron chi connectivity index (χ0n) is 21.1. The maximum atomic E-state index is 13.4. The number of nitrogens with zero attached hydrogens (tertiary/aromatic N) is 2. The SMILES string of the molecule is O=C(NNCCN1CCOCC1)[C@]1(C/C=C/c2ccccc2)COC(c2ccc(OCCCO)cc2)=N1. The highest BCUT2D eigenvalue weighted by Gasteiger charge is 2.43. The molecule has 2 aromatic carbocycles. The van der Waals surface area contributed by atoms with Gasteiger partial charge in [0.25, 0.3) is 5.91 Å². The van der Waals surface area contributed by atoms with E-state index in [9.17, 15) is 4.79 Å². The summed E-state index contributed by atoms with van der Waals surface area (Å²) in [6.07, 6.45) is 4.93. The number of aliphatic imine (C=N–C) groups is 1. The largest absolute Gasteiger partial charge is 0.494 e. The summed E-state index contributed by atoms with van der Waals surface area (Å²) in [5.41, 5.74) is 6.67. The summed E-state index contributed by atoms with van der Waals surface area (Å²) >= 11 is 0. The predicted octanol–water partition coefficient (Wildman–Crippen LogP) is 2.02. The lowest BCUT2D eigenvalue weighted by atomic mass is 9.95. The van der Waals surface area contributed by atoms with E-state index in [2.05, 4.69) is 15.8 Å². The first-order chi connectivity index (χ1) is 18.2. The topological polar surface area (TPSA) is 105 Å². The Balaban J connectivity index is 1.42. The molecule has 198 valence electrons. The number of ether oxygens (including phenoxy) is 3. The molecule has 2 aliphatic heterocycles. The molecule has 1 fully saturated rings. The van der Waals surface area contributed by atoms with Crippen molar-refractivity contribution in [2.75, 3.05) is 59.2 Å². The second-order valence-electron chi connectivity index (χ2n) is 9.04. The number of hydrazine groups is 1. The minimum Gasteiger partial charge on any atom is -0.494 e. The molecule has 0 saturated carbocycles. The Labute approximate surface area is 218 Å². The van der Waals surface area contributed by atoms with Gasteiger partial charge in [0.2, 0.25) is 5.90 Å². The monoisotopic (exact) mass is 508 g/mol. The van der Waals surface area contributed by atoms with Crippen LogP contribution >= 0.6 is 0 Å². The lowest BCUT2D eigenvalue weighted by molar-refractivity contribution is -0.127. The van der Waals surface area contributed by atoms with Crippen molar-refractivity contribution in [1.29, 1.82) is 0 Å². The molecule has 1 amide bonds. The van der Waals surface area contributed by atoms with Crippen LogP contribution in [0.2, 0.25) is 0 Å². The van der Waals surface area contributed by atoms with Crippen LogP contribution in [0.15, 0.2) is 65.7 Å². The number of morpholine rings is 1. The van der Waals surface area contributed by atoms with Gasteiger partial charge in [0.1, 0.15) is 12.4 Å². The molecule has 9 nitrogen and oxygen atoms in total. The smallest absolute Gasteiger partial charge is 0.266 e. The summed E-state index contributed by atoms with van der Waals surface area (Å²) in [4.78, 5) is 20.5. The number of aliphatic hydroxyl groups is 1. The van der Waals surface area contributed by atoms with Crippen LogP contribution < -0.4 is 15.6 Å². The lowest BCUT2D eigenvalue weighted by Crippen LogP contribution is -2.53. The average Bonchev–Trinajstić information content (AvgIpc) is 3.38. The number of carbonyl (C=O) groups excluding carboxylic acids is 1. The van der Waals surface area contributed by atoms with Gasteiger partial charge in [-0.3, -0.25) is 15.1 Å². The van der Waals surface area contributed by atoms with E-state index < -0.39 is 5.54 Å². The number of hydrogen-bond acceptors (Lipinski definition) is 8. The molecule has 4 rings (SSSR count). The van der Waals surface area contributed by atoms with Gasteiger partial charge in [-0.2, -0.15) is 0 Å². The van der Waals surface area contributed by atoms with E-state index in [1.165, 1.54) is 0 Å². The van der Waals surface area contributed by atoms with Gasteiger partial charge in [-0.1, -0.05) is 42.5 Å². The van der Waals surface area contributed by atoms with Gasteiger partial charge in [-0.15, -0.1) is 0 Å². The Hall–Kier alpha value is -3.24. The van der Waals surface area contributed by atoms with Crippen molar-refractivity contribution in [3.63, 3.8) is 0 Å². The summed E-state index contributed by atoms with van der Waals surface area (Å²) in [5, 5.41) is 8.92. The van der Waals surface area contributed by atoms with E-state index in [4.69, 9.17) is 24.3 Å². The number of rotatable bonds is 13. The Bertz CT molecular complexity index is 1040. The van der Waals surface area contributed by atoms with Gasteiger partial charge in [-0.25, -0.2) is 10.4 Å². The maximum Gasteiger partial charge on any atom is 0.266 e. The van der Waals surface area contributed by atoms with Crippen LogP contribution in [-0.4, -0.2) is 86.6 Å². The van der Waals surface area contributed by atoms with Crippen LogP contribution in [0, 0.1) is 0 Å². The van der Waals surface area contributed by atoms with Crippen molar-refractivity contribution < 1.29 is 24.1 Å². The molecule has 2 aliphatic rings. The molecule has 9 heteroatoms. The van der Waals surface area contributed by atoms with Crippen LogP contribution in [0.5, 0.6) is 5.75 Å². The number of nitrogens with one attached hydrogen (secondary N) is 2. The van der Waals surface area contributed by atoms with E-state index in [0.717, 1.165) is 44.0 Å². The Morgan fingerprint density at radius 2 is 1.92 bits per heavy atom. The van der Waals surface area contributed by atoms with E-state index in [1.807, 2.05) is 66.7 Å². The number of benzene rings is 2. The van der Waals surface area contributed by atoms with Gasteiger partial charge in [0.05, 0.1) is 19.8 Å². The van der Waals surface area contributed by atoms with Crippen molar-refractivity contribution in [1.82, 2.24) is 15.8 Å². The van der Waals surface area contributed by atoms with Crippen LogP contribution in [0.1, 0.15) is 24.0 Å². The third-order valence-electron chi connectivity index (χ3n) is 6.28. The second-order valence-corrected chi connectivity index (χ2v) is 9.04. The molecule has 1 atom stereocenters. The quantitative estimate of drug-likeness (QED) is 0.281. The zero-order chi connectivity index (χ0) is 25.8. The molecule has 0 radical (unpaired) electrons. The Morgan fingerprint density at radius 1 is 1.14 bits per heavy atom. The summed E-state index contributed by atoms with van der Waals surface area (Å²) in [7, 11) is 0. The Kier molecular flexibility index (Phi) is 10.1.